The first-order valence-corrected chi connectivity index (χ1v) is 9.49. The summed E-state index contributed by atoms with van der Waals surface area (Å²) < 4.78 is 11.7. The van der Waals surface area contributed by atoms with Gasteiger partial charge >= 0.3 is 5.97 Å². The van der Waals surface area contributed by atoms with E-state index >= 15 is 0 Å². The summed E-state index contributed by atoms with van der Waals surface area (Å²) in [5, 5.41) is 8.96. The van der Waals surface area contributed by atoms with Crippen molar-refractivity contribution in [3.8, 4) is 11.5 Å². The highest BCUT2D eigenvalue weighted by molar-refractivity contribution is 5.66. The minimum atomic E-state index is -0.708. The van der Waals surface area contributed by atoms with Crippen molar-refractivity contribution in [1.82, 2.24) is 4.90 Å². The molecule has 1 spiro atoms. The number of aliphatic carboxylic acids is 1. The molecule has 1 atom stereocenters. The molecule has 5 nitrogen and oxygen atoms in total. The lowest BCUT2D eigenvalue weighted by Gasteiger charge is -2.46. The van der Waals surface area contributed by atoms with Gasteiger partial charge < -0.3 is 14.6 Å². The fourth-order valence-electron chi connectivity index (χ4n) is 4.90. The Bertz CT molecular complexity index is 666. The normalized spacial score (nSPS) is 24.3. The van der Waals surface area contributed by atoms with Gasteiger partial charge in [0.25, 0.3) is 0 Å². The minimum absolute atomic E-state index is 0.195. The van der Waals surface area contributed by atoms with Gasteiger partial charge in [0.15, 0.2) is 11.5 Å². The Morgan fingerprint density at radius 3 is 2.60 bits per heavy atom. The predicted molar refractivity (Wildman–Crippen MR) is 94.4 cm³/mol. The molecule has 0 unspecified atom stereocenters. The molecule has 0 amide bonds. The quantitative estimate of drug-likeness (QED) is 0.905. The van der Waals surface area contributed by atoms with E-state index in [4.69, 9.17) is 14.6 Å². The second-order valence-electron chi connectivity index (χ2n) is 7.71. The number of rotatable bonds is 4. The predicted octanol–water partition coefficient (Wildman–Crippen LogP) is 3.51. The van der Waals surface area contributed by atoms with Crippen LogP contribution in [0.3, 0.4) is 0 Å². The third-order valence-electron chi connectivity index (χ3n) is 6.19. The van der Waals surface area contributed by atoms with Crippen LogP contribution in [0.4, 0.5) is 0 Å². The second kappa shape index (κ2) is 6.52. The van der Waals surface area contributed by atoms with E-state index in [1.165, 1.54) is 36.8 Å². The third-order valence-corrected chi connectivity index (χ3v) is 6.19. The van der Waals surface area contributed by atoms with Gasteiger partial charge in [0.05, 0.1) is 0 Å². The van der Waals surface area contributed by atoms with Crippen molar-refractivity contribution >= 4 is 5.97 Å². The van der Waals surface area contributed by atoms with Crippen LogP contribution in [0.5, 0.6) is 11.5 Å². The number of nitrogens with zero attached hydrogens (tertiary/aromatic N) is 1. The molecule has 1 aromatic carbocycles. The number of fused-ring (bicyclic) bond motifs is 3. The number of benzene rings is 1. The lowest BCUT2D eigenvalue weighted by atomic mass is 9.71. The zero-order valence-electron chi connectivity index (χ0n) is 14.9. The zero-order chi connectivity index (χ0) is 17.4. The van der Waals surface area contributed by atoms with Crippen molar-refractivity contribution in [3.63, 3.8) is 0 Å². The largest absolute Gasteiger partial charge is 0.486 e. The lowest BCUT2D eigenvalue weighted by Crippen LogP contribution is -2.46. The molecule has 1 saturated carbocycles. The fourth-order valence-corrected chi connectivity index (χ4v) is 4.90. The van der Waals surface area contributed by atoms with E-state index in [0.717, 1.165) is 24.6 Å². The van der Waals surface area contributed by atoms with Crippen LogP contribution >= 0.6 is 0 Å². The lowest BCUT2D eigenvalue weighted by molar-refractivity contribution is -0.137. The number of carboxylic acid groups (broad SMARTS) is 1. The Labute approximate surface area is 148 Å². The second-order valence-corrected chi connectivity index (χ2v) is 7.71. The summed E-state index contributed by atoms with van der Waals surface area (Å²) in [4.78, 5) is 13.4. The molecule has 0 aromatic heterocycles. The smallest absolute Gasteiger partial charge is 0.303 e. The Balaban J connectivity index is 1.68. The van der Waals surface area contributed by atoms with Gasteiger partial charge in [0.1, 0.15) is 13.2 Å². The molecular weight excluding hydrogens is 318 g/mol. The molecule has 136 valence electrons. The number of hydrogen-bond acceptors (Lipinski definition) is 4. The average Bonchev–Trinajstić information content (AvgIpc) is 3.07. The van der Waals surface area contributed by atoms with Crippen molar-refractivity contribution in [3.05, 3.63) is 23.3 Å². The molecule has 1 fully saturated rings. The third kappa shape index (κ3) is 2.99. The van der Waals surface area contributed by atoms with Gasteiger partial charge in [-0.3, -0.25) is 9.69 Å². The van der Waals surface area contributed by atoms with E-state index < -0.39 is 5.97 Å². The van der Waals surface area contributed by atoms with E-state index in [0.29, 0.717) is 19.6 Å². The summed E-state index contributed by atoms with van der Waals surface area (Å²) in [7, 11) is 0. The van der Waals surface area contributed by atoms with Crippen LogP contribution in [0.1, 0.15) is 62.6 Å². The highest BCUT2D eigenvalue weighted by Gasteiger charge is 2.44. The molecule has 3 aliphatic rings. The summed E-state index contributed by atoms with van der Waals surface area (Å²) in [6, 6.07) is 4.70. The van der Waals surface area contributed by atoms with Crippen LogP contribution < -0.4 is 9.47 Å². The highest BCUT2D eigenvalue weighted by atomic mass is 16.6. The number of ether oxygens (including phenoxy) is 2. The van der Waals surface area contributed by atoms with Crippen LogP contribution in [-0.4, -0.2) is 42.3 Å². The monoisotopic (exact) mass is 345 g/mol. The van der Waals surface area contributed by atoms with Crippen molar-refractivity contribution in [2.45, 2.75) is 56.9 Å². The van der Waals surface area contributed by atoms with Crippen molar-refractivity contribution < 1.29 is 19.4 Å². The minimum Gasteiger partial charge on any atom is -0.486 e. The topological polar surface area (TPSA) is 59.0 Å². The van der Waals surface area contributed by atoms with Gasteiger partial charge in [-0.05, 0) is 56.0 Å². The van der Waals surface area contributed by atoms with E-state index in [1.807, 2.05) is 0 Å². The Morgan fingerprint density at radius 2 is 1.92 bits per heavy atom. The van der Waals surface area contributed by atoms with E-state index in [9.17, 15) is 4.79 Å². The molecule has 2 aliphatic heterocycles. The molecule has 0 bridgehead atoms. The van der Waals surface area contributed by atoms with Crippen molar-refractivity contribution in [2.75, 3.05) is 26.3 Å². The van der Waals surface area contributed by atoms with Crippen molar-refractivity contribution in [1.29, 1.82) is 0 Å². The van der Waals surface area contributed by atoms with Crippen molar-refractivity contribution in [2.24, 2.45) is 0 Å². The molecule has 25 heavy (non-hydrogen) atoms. The number of hydrogen-bond donors (Lipinski definition) is 1. The first kappa shape index (κ1) is 16.7. The molecule has 1 N–H and O–H groups in total. The average molecular weight is 345 g/mol. The maximum atomic E-state index is 10.9. The Hall–Kier alpha value is -1.75. The molecule has 0 radical (unpaired) electrons. The molecule has 0 saturated heterocycles. The first-order valence-electron chi connectivity index (χ1n) is 9.49. The van der Waals surface area contributed by atoms with Crippen LogP contribution in [0.25, 0.3) is 0 Å². The van der Waals surface area contributed by atoms with Crippen LogP contribution in [0.15, 0.2) is 12.1 Å². The van der Waals surface area contributed by atoms with Gasteiger partial charge in [-0.2, -0.15) is 0 Å². The standard InChI is InChI=1S/C20H27NO4/c1-14-15-11-17-18(25-10-9-24-17)12-16(15)20(6-2-3-7-20)13-21(14)8-4-5-19(22)23/h11-12,14H,2-10,13H2,1H3,(H,22,23)/t14-/m1/s1. The molecular formula is C20H27NO4. The Morgan fingerprint density at radius 1 is 1.24 bits per heavy atom. The molecule has 1 aliphatic carbocycles. The first-order chi connectivity index (χ1) is 12.1. The van der Waals surface area contributed by atoms with Gasteiger partial charge in [-0.15, -0.1) is 0 Å². The summed E-state index contributed by atoms with van der Waals surface area (Å²) in [6.07, 6.45) is 5.90. The van der Waals surface area contributed by atoms with Crippen LogP contribution in [-0.2, 0) is 10.2 Å². The highest BCUT2D eigenvalue weighted by Crippen LogP contribution is 2.51. The van der Waals surface area contributed by atoms with E-state index in [2.05, 4.69) is 24.0 Å². The Kier molecular flexibility index (Phi) is 4.36. The van der Waals surface area contributed by atoms with Gasteiger partial charge in [-0.25, -0.2) is 0 Å². The zero-order valence-corrected chi connectivity index (χ0v) is 14.9. The SMILES string of the molecule is C[C@@H]1c2cc3c(cc2C2(CCCC2)CN1CCCC(=O)O)OCCO3. The van der Waals surface area contributed by atoms with Gasteiger partial charge in [0.2, 0.25) is 0 Å². The summed E-state index contributed by atoms with van der Waals surface area (Å²) >= 11 is 0. The number of carbonyl (C=O) groups is 1. The summed E-state index contributed by atoms with van der Waals surface area (Å²) in [5.41, 5.74) is 2.98. The molecule has 4 rings (SSSR count). The summed E-state index contributed by atoms with van der Waals surface area (Å²) in [6.45, 7) is 5.32. The molecule has 2 heterocycles. The van der Waals surface area contributed by atoms with E-state index in [-0.39, 0.29) is 17.9 Å². The summed E-state index contributed by atoms with van der Waals surface area (Å²) in [5.74, 6) is 1.04. The van der Waals surface area contributed by atoms with Gasteiger partial charge in [-0.1, -0.05) is 12.8 Å². The maximum Gasteiger partial charge on any atom is 0.303 e. The van der Waals surface area contributed by atoms with Gasteiger partial charge in [0, 0.05) is 24.4 Å². The van der Waals surface area contributed by atoms with Crippen LogP contribution in [0.2, 0.25) is 0 Å². The fraction of sp³-hybridized carbons (Fsp3) is 0.650. The molecule has 1 aromatic rings. The van der Waals surface area contributed by atoms with Crippen LogP contribution in [0, 0.1) is 0 Å². The molecule has 5 heteroatoms. The van der Waals surface area contributed by atoms with E-state index in [1.54, 1.807) is 0 Å². The maximum absolute atomic E-state index is 10.9. The number of carboxylic acids is 1.